The second-order valence-electron chi connectivity index (χ2n) is 5.60. The van der Waals surface area contributed by atoms with Crippen molar-refractivity contribution < 1.29 is 33.0 Å². The van der Waals surface area contributed by atoms with Crippen LogP contribution in [0.3, 0.4) is 0 Å². The molecule has 0 radical (unpaired) electrons. The summed E-state index contributed by atoms with van der Waals surface area (Å²) in [7, 11) is 1.32. The number of aromatic carboxylic acids is 1. The van der Waals surface area contributed by atoms with Crippen molar-refractivity contribution in [3.63, 3.8) is 0 Å². The summed E-state index contributed by atoms with van der Waals surface area (Å²) < 4.78 is 36.4. The average Bonchev–Trinajstić information content (AvgIpc) is 2.67. The molecule has 142 valence electrons. The monoisotopic (exact) mass is 379 g/mol. The van der Waals surface area contributed by atoms with Crippen LogP contribution in [0.25, 0.3) is 11.1 Å². The second-order valence-corrected chi connectivity index (χ2v) is 5.60. The van der Waals surface area contributed by atoms with Gasteiger partial charge in [-0.05, 0) is 12.1 Å². The summed E-state index contributed by atoms with van der Waals surface area (Å²) in [6.07, 6.45) is -0.662. The van der Waals surface area contributed by atoms with Crippen LogP contribution < -0.4 is 9.64 Å². The van der Waals surface area contributed by atoms with Crippen molar-refractivity contribution in [3.8, 4) is 16.9 Å². The molecule has 2 aromatic heterocycles. The molecule has 0 bridgehead atoms. The first-order valence-electron chi connectivity index (χ1n) is 7.86. The van der Waals surface area contributed by atoms with E-state index in [1.165, 1.54) is 18.1 Å². The van der Waals surface area contributed by atoms with Crippen molar-refractivity contribution in [2.45, 2.75) is 6.43 Å². The standard InChI is InChI=1S/C17H15F2N3O5/c1-26-13-7-20-12(16(18)19)4-10(13)9-5-14(21-6-11(9)17(24)25)22-2-3-27-8-15(22)23/h4-7,16H,2-3,8H2,1H3,(H,24,25). The van der Waals surface area contributed by atoms with Crippen LogP contribution in [0.2, 0.25) is 0 Å². The SMILES string of the molecule is COc1cnc(C(F)F)cc1-c1cc(N2CCOCC2=O)ncc1C(=O)O. The minimum absolute atomic E-state index is 0.0907. The number of carboxylic acid groups (broad SMARTS) is 1. The third kappa shape index (κ3) is 3.70. The first-order valence-corrected chi connectivity index (χ1v) is 7.86. The highest BCUT2D eigenvalue weighted by atomic mass is 19.3. The number of nitrogens with zero attached hydrogens (tertiary/aromatic N) is 3. The van der Waals surface area contributed by atoms with Gasteiger partial charge < -0.3 is 14.6 Å². The lowest BCUT2D eigenvalue weighted by Gasteiger charge is -2.26. The molecule has 0 atom stereocenters. The van der Waals surface area contributed by atoms with Crippen molar-refractivity contribution in [2.75, 3.05) is 31.8 Å². The van der Waals surface area contributed by atoms with Crippen molar-refractivity contribution in [2.24, 2.45) is 0 Å². The number of anilines is 1. The van der Waals surface area contributed by atoms with Crippen LogP contribution >= 0.6 is 0 Å². The summed E-state index contributed by atoms with van der Waals surface area (Å²) in [5, 5.41) is 9.48. The van der Waals surface area contributed by atoms with Crippen LogP contribution in [0.5, 0.6) is 5.75 Å². The first-order chi connectivity index (χ1) is 12.9. The van der Waals surface area contributed by atoms with Gasteiger partial charge in [0.1, 0.15) is 23.9 Å². The van der Waals surface area contributed by atoms with Crippen LogP contribution in [0, 0.1) is 0 Å². The summed E-state index contributed by atoms with van der Waals surface area (Å²) in [5.41, 5.74) is -0.537. The van der Waals surface area contributed by atoms with Gasteiger partial charge in [0, 0.05) is 17.3 Å². The molecule has 3 heterocycles. The highest BCUT2D eigenvalue weighted by molar-refractivity contribution is 5.99. The third-order valence-electron chi connectivity index (χ3n) is 4.00. The lowest BCUT2D eigenvalue weighted by atomic mass is 10.0. The van der Waals surface area contributed by atoms with E-state index in [9.17, 15) is 23.5 Å². The molecule has 1 fully saturated rings. The summed E-state index contributed by atoms with van der Waals surface area (Å²) >= 11 is 0. The number of amides is 1. The van der Waals surface area contributed by atoms with E-state index < -0.39 is 18.1 Å². The molecular weight excluding hydrogens is 364 g/mol. The molecule has 0 spiro atoms. The number of carboxylic acids is 1. The Balaban J connectivity index is 2.18. The zero-order valence-corrected chi connectivity index (χ0v) is 14.2. The molecule has 2 aromatic rings. The molecule has 0 aromatic carbocycles. The molecule has 3 rings (SSSR count). The fourth-order valence-corrected chi connectivity index (χ4v) is 2.70. The molecular formula is C17H15F2N3O5. The van der Waals surface area contributed by atoms with E-state index in [-0.39, 0.29) is 47.3 Å². The Hall–Kier alpha value is -3.14. The summed E-state index contributed by atoms with van der Waals surface area (Å²) in [4.78, 5) is 32.7. The minimum atomic E-state index is -2.84. The molecule has 27 heavy (non-hydrogen) atoms. The fourth-order valence-electron chi connectivity index (χ4n) is 2.70. The number of pyridine rings is 2. The quantitative estimate of drug-likeness (QED) is 0.849. The van der Waals surface area contributed by atoms with E-state index in [2.05, 4.69) is 9.97 Å². The molecule has 0 saturated carbocycles. The number of ether oxygens (including phenoxy) is 2. The summed E-state index contributed by atoms with van der Waals surface area (Å²) in [6.45, 7) is 0.427. The average molecular weight is 379 g/mol. The van der Waals surface area contributed by atoms with Gasteiger partial charge in [-0.2, -0.15) is 0 Å². The van der Waals surface area contributed by atoms with Crippen LogP contribution in [0.4, 0.5) is 14.6 Å². The van der Waals surface area contributed by atoms with Crippen molar-refractivity contribution in [1.29, 1.82) is 0 Å². The Kier molecular flexibility index (Phi) is 5.26. The smallest absolute Gasteiger partial charge is 0.337 e. The number of hydrogen-bond acceptors (Lipinski definition) is 6. The predicted octanol–water partition coefficient (Wildman–Crippen LogP) is 2.15. The number of methoxy groups -OCH3 is 1. The zero-order valence-electron chi connectivity index (χ0n) is 14.2. The second kappa shape index (κ2) is 7.62. The Morgan fingerprint density at radius 2 is 2.07 bits per heavy atom. The van der Waals surface area contributed by atoms with Crippen molar-refractivity contribution in [1.82, 2.24) is 9.97 Å². The first kappa shape index (κ1) is 18.6. The van der Waals surface area contributed by atoms with Gasteiger partial charge >= 0.3 is 5.97 Å². The molecule has 1 aliphatic rings. The number of halogens is 2. The molecule has 0 unspecified atom stereocenters. The number of morpholine rings is 1. The van der Waals surface area contributed by atoms with Gasteiger partial charge in [0.2, 0.25) is 0 Å². The van der Waals surface area contributed by atoms with Crippen molar-refractivity contribution in [3.05, 3.63) is 35.8 Å². The zero-order chi connectivity index (χ0) is 19.6. The summed E-state index contributed by atoms with van der Waals surface area (Å²) in [5.74, 6) is -1.32. The van der Waals surface area contributed by atoms with Crippen LogP contribution in [-0.2, 0) is 9.53 Å². The van der Waals surface area contributed by atoms with Gasteiger partial charge in [-0.15, -0.1) is 0 Å². The highest BCUT2D eigenvalue weighted by Gasteiger charge is 2.25. The number of aromatic nitrogens is 2. The third-order valence-corrected chi connectivity index (χ3v) is 4.00. The maximum Gasteiger partial charge on any atom is 0.337 e. The number of carbonyl (C=O) groups excluding carboxylic acids is 1. The Bertz CT molecular complexity index is 891. The van der Waals surface area contributed by atoms with E-state index in [1.807, 2.05) is 0 Å². The predicted molar refractivity (Wildman–Crippen MR) is 89.1 cm³/mol. The summed E-state index contributed by atoms with van der Waals surface area (Å²) in [6, 6.07) is 2.43. The van der Waals surface area contributed by atoms with Crippen LogP contribution in [0.1, 0.15) is 22.5 Å². The molecule has 10 heteroatoms. The maximum atomic E-state index is 13.1. The van der Waals surface area contributed by atoms with E-state index in [0.717, 1.165) is 18.5 Å². The molecule has 0 aliphatic carbocycles. The van der Waals surface area contributed by atoms with E-state index in [4.69, 9.17) is 9.47 Å². The van der Waals surface area contributed by atoms with E-state index in [0.29, 0.717) is 6.61 Å². The molecule has 8 nitrogen and oxygen atoms in total. The molecule has 1 aliphatic heterocycles. The lowest BCUT2D eigenvalue weighted by Crippen LogP contribution is -2.42. The Morgan fingerprint density at radius 3 is 2.70 bits per heavy atom. The van der Waals surface area contributed by atoms with Gasteiger partial charge in [-0.1, -0.05) is 0 Å². The molecule has 1 saturated heterocycles. The van der Waals surface area contributed by atoms with Crippen LogP contribution in [-0.4, -0.2) is 53.8 Å². The number of alkyl halides is 2. The normalized spacial score (nSPS) is 14.5. The topological polar surface area (TPSA) is 102 Å². The Labute approximate surface area is 152 Å². The van der Waals surface area contributed by atoms with Crippen LogP contribution in [0.15, 0.2) is 24.5 Å². The molecule has 1 amide bonds. The van der Waals surface area contributed by atoms with Crippen molar-refractivity contribution >= 4 is 17.7 Å². The molecule has 1 N–H and O–H groups in total. The van der Waals surface area contributed by atoms with Gasteiger partial charge in [0.05, 0.1) is 32.0 Å². The maximum absolute atomic E-state index is 13.1. The van der Waals surface area contributed by atoms with E-state index in [1.54, 1.807) is 0 Å². The number of carbonyl (C=O) groups is 2. The number of hydrogen-bond donors (Lipinski definition) is 1. The van der Waals surface area contributed by atoms with Gasteiger partial charge in [0.15, 0.2) is 0 Å². The lowest BCUT2D eigenvalue weighted by molar-refractivity contribution is -0.125. The Morgan fingerprint density at radius 1 is 1.30 bits per heavy atom. The largest absolute Gasteiger partial charge is 0.494 e. The van der Waals surface area contributed by atoms with Gasteiger partial charge in [-0.3, -0.25) is 14.7 Å². The highest BCUT2D eigenvalue weighted by Crippen LogP contribution is 2.36. The fraction of sp³-hybridized carbons (Fsp3) is 0.294. The number of rotatable bonds is 5. The minimum Gasteiger partial charge on any atom is -0.494 e. The van der Waals surface area contributed by atoms with Gasteiger partial charge in [0.25, 0.3) is 12.3 Å². The van der Waals surface area contributed by atoms with E-state index >= 15 is 0 Å². The van der Waals surface area contributed by atoms with Gasteiger partial charge in [-0.25, -0.2) is 18.6 Å².